The first kappa shape index (κ1) is 15.4. The van der Waals surface area contributed by atoms with Crippen molar-refractivity contribution in [1.29, 1.82) is 0 Å². The van der Waals surface area contributed by atoms with Crippen molar-refractivity contribution in [2.75, 3.05) is 24.7 Å². The molecular weight excluding hydrogens is 304 g/mol. The van der Waals surface area contributed by atoms with Crippen LogP contribution in [-0.4, -0.2) is 61.3 Å². The molecule has 0 radical (unpaired) electrons. The molecule has 3 rings (SSSR count). The fourth-order valence-corrected chi connectivity index (χ4v) is 2.56. The monoisotopic (exact) mass is 320 g/mol. The number of nitrogen functional groups attached to an aromatic ring is 2. The molecule has 4 unspecified atom stereocenters. The second-order valence-corrected chi connectivity index (χ2v) is 5.01. The summed E-state index contributed by atoms with van der Waals surface area (Å²) in [5.74, 6) is 2.44. The number of imidazole rings is 1. The minimum absolute atomic E-state index is 0.0184. The van der Waals surface area contributed by atoms with E-state index in [-0.39, 0.29) is 25.0 Å². The summed E-state index contributed by atoms with van der Waals surface area (Å²) in [4.78, 5) is 12.1. The Balaban J connectivity index is 2.03. The van der Waals surface area contributed by atoms with Crippen molar-refractivity contribution < 1.29 is 19.7 Å². The number of anilines is 2. The molecule has 0 aliphatic carbocycles. The molecule has 0 amide bonds. The summed E-state index contributed by atoms with van der Waals surface area (Å²) in [6.45, 7) is -0.398. The minimum Gasteiger partial charge on any atom is -0.394 e. The van der Waals surface area contributed by atoms with Gasteiger partial charge in [0, 0.05) is 0 Å². The van der Waals surface area contributed by atoms with Gasteiger partial charge in [-0.1, -0.05) is 5.92 Å². The number of hydrogen-bond acceptors (Lipinski definition) is 9. The quantitative estimate of drug-likeness (QED) is 0.480. The van der Waals surface area contributed by atoms with E-state index >= 15 is 0 Å². The summed E-state index contributed by atoms with van der Waals surface area (Å²) in [5.41, 5.74) is 12.1. The molecule has 1 saturated heterocycles. The first-order valence-corrected chi connectivity index (χ1v) is 6.81. The van der Waals surface area contributed by atoms with E-state index in [4.69, 9.17) is 27.4 Å². The van der Waals surface area contributed by atoms with Crippen molar-refractivity contribution in [3.63, 3.8) is 0 Å². The van der Waals surface area contributed by atoms with Gasteiger partial charge >= 0.3 is 0 Å². The predicted octanol–water partition coefficient (Wildman–Crippen LogP) is -1.74. The molecule has 0 aromatic carbocycles. The lowest BCUT2D eigenvalue weighted by Crippen LogP contribution is -2.35. The molecule has 0 saturated carbocycles. The van der Waals surface area contributed by atoms with Gasteiger partial charge in [-0.25, -0.2) is 4.98 Å². The van der Waals surface area contributed by atoms with Gasteiger partial charge in [-0.15, -0.1) is 6.42 Å². The average Bonchev–Trinajstić information content (AvgIpc) is 3.06. The van der Waals surface area contributed by atoms with Gasteiger partial charge in [0.25, 0.3) is 0 Å². The molecule has 122 valence electrons. The van der Waals surface area contributed by atoms with E-state index in [0.717, 1.165) is 0 Å². The zero-order chi connectivity index (χ0) is 16.6. The molecule has 23 heavy (non-hydrogen) atoms. The Kier molecular flexibility index (Phi) is 4.01. The third-order valence-corrected chi connectivity index (χ3v) is 3.59. The molecule has 2 aromatic rings. The average molecular weight is 320 g/mol. The summed E-state index contributed by atoms with van der Waals surface area (Å²) < 4.78 is 12.6. The largest absolute Gasteiger partial charge is 0.394 e. The molecule has 3 heterocycles. The summed E-state index contributed by atoms with van der Waals surface area (Å²) in [6.07, 6.45) is 3.13. The number of ether oxygens (including phenoxy) is 2. The van der Waals surface area contributed by atoms with Gasteiger partial charge < -0.3 is 31.2 Å². The van der Waals surface area contributed by atoms with Gasteiger partial charge in [0.15, 0.2) is 17.7 Å². The molecule has 4 atom stereocenters. The predicted molar refractivity (Wildman–Crippen MR) is 79.7 cm³/mol. The van der Waals surface area contributed by atoms with Gasteiger partial charge in [-0.3, -0.25) is 4.57 Å². The van der Waals surface area contributed by atoms with Crippen molar-refractivity contribution in [3.05, 3.63) is 6.33 Å². The SMILES string of the molecule is C#CCOC1C(O)C(CO)OC1n1cnc2c(N)nc(N)nc21. The number of fused-ring (bicyclic) bond motifs is 1. The van der Waals surface area contributed by atoms with Crippen molar-refractivity contribution in [2.45, 2.75) is 24.5 Å². The number of aliphatic hydroxyl groups is 2. The maximum atomic E-state index is 10.2. The number of nitrogens with two attached hydrogens (primary N) is 2. The standard InChI is InChI=1S/C13H16N6O4/c1-2-3-22-9-8(21)6(4-20)23-12(9)19-5-16-7-10(14)17-13(15)18-11(7)19/h1,5-6,8-9,12,20-21H,3-4H2,(H4,14,15,17,18). The van der Waals surface area contributed by atoms with E-state index in [1.165, 1.54) is 10.9 Å². The number of terminal acetylenes is 1. The van der Waals surface area contributed by atoms with E-state index < -0.39 is 24.5 Å². The van der Waals surface area contributed by atoms with E-state index in [9.17, 15) is 10.2 Å². The molecule has 6 N–H and O–H groups in total. The van der Waals surface area contributed by atoms with Gasteiger partial charge in [0.05, 0.1) is 12.9 Å². The highest BCUT2D eigenvalue weighted by molar-refractivity contribution is 5.82. The van der Waals surface area contributed by atoms with Crippen LogP contribution >= 0.6 is 0 Å². The van der Waals surface area contributed by atoms with Crippen LogP contribution in [0.5, 0.6) is 0 Å². The number of aliphatic hydroxyl groups excluding tert-OH is 2. The first-order valence-electron chi connectivity index (χ1n) is 6.81. The lowest BCUT2D eigenvalue weighted by atomic mass is 10.1. The summed E-state index contributed by atoms with van der Waals surface area (Å²) in [5, 5.41) is 19.6. The summed E-state index contributed by atoms with van der Waals surface area (Å²) >= 11 is 0. The highest BCUT2D eigenvalue weighted by Crippen LogP contribution is 2.34. The molecule has 10 heteroatoms. The van der Waals surface area contributed by atoms with Crippen molar-refractivity contribution in [3.8, 4) is 12.3 Å². The number of hydrogen-bond donors (Lipinski definition) is 4. The fourth-order valence-electron chi connectivity index (χ4n) is 2.56. The second kappa shape index (κ2) is 5.98. The van der Waals surface area contributed by atoms with Crippen LogP contribution in [0.1, 0.15) is 6.23 Å². The Morgan fingerprint density at radius 3 is 2.91 bits per heavy atom. The molecule has 1 aliphatic rings. The Hall–Kier alpha value is -2.45. The third kappa shape index (κ3) is 2.55. The van der Waals surface area contributed by atoms with Crippen LogP contribution in [0, 0.1) is 12.3 Å². The molecule has 0 bridgehead atoms. The maximum Gasteiger partial charge on any atom is 0.224 e. The zero-order valence-corrected chi connectivity index (χ0v) is 12.0. The van der Waals surface area contributed by atoms with Crippen LogP contribution in [0.25, 0.3) is 11.2 Å². The topological polar surface area (TPSA) is 155 Å². The normalized spacial score (nSPS) is 27.3. The van der Waals surface area contributed by atoms with Crippen molar-refractivity contribution in [2.24, 2.45) is 0 Å². The zero-order valence-electron chi connectivity index (χ0n) is 12.0. The van der Waals surface area contributed by atoms with Gasteiger partial charge in [-0.2, -0.15) is 9.97 Å². The third-order valence-electron chi connectivity index (χ3n) is 3.59. The van der Waals surface area contributed by atoms with Gasteiger partial charge in [0.2, 0.25) is 5.95 Å². The van der Waals surface area contributed by atoms with E-state index in [1.54, 1.807) is 0 Å². The second-order valence-electron chi connectivity index (χ2n) is 5.01. The van der Waals surface area contributed by atoms with Crippen LogP contribution in [-0.2, 0) is 9.47 Å². The number of nitrogens with zero attached hydrogens (tertiary/aromatic N) is 4. The van der Waals surface area contributed by atoms with Crippen LogP contribution in [0.15, 0.2) is 6.33 Å². The van der Waals surface area contributed by atoms with Crippen LogP contribution < -0.4 is 11.5 Å². The van der Waals surface area contributed by atoms with Crippen molar-refractivity contribution >= 4 is 22.9 Å². The Morgan fingerprint density at radius 1 is 1.43 bits per heavy atom. The van der Waals surface area contributed by atoms with Crippen LogP contribution in [0.3, 0.4) is 0 Å². The molecule has 1 aliphatic heterocycles. The van der Waals surface area contributed by atoms with E-state index in [0.29, 0.717) is 11.2 Å². The summed E-state index contributed by atoms with van der Waals surface area (Å²) in [6, 6.07) is 0. The van der Waals surface area contributed by atoms with Gasteiger partial charge in [-0.05, 0) is 0 Å². The molecule has 1 fully saturated rings. The van der Waals surface area contributed by atoms with E-state index in [2.05, 4.69) is 20.9 Å². The van der Waals surface area contributed by atoms with Crippen LogP contribution in [0.2, 0.25) is 0 Å². The highest BCUT2D eigenvalue weighted by Gasteiger charge is 2.45. The molecule has 2 aromatic heterocycles. The van der Waals surface area contributed by atoms with Crippen LogP contribution in [0.4, 0.5) is 11.8 Å². The number of aromatic nitrogens is 4. The molecular formula is C13H16N6O4. The fraction of sp³-hybridized carbons (Fsp3) is 0.462. The molecule has 0 spiro atoms. The highest BCUT2D eigenvalue weighted by atomic mass is 16.6. The lowest BCUT2D eigenvalue weighted by Gasteiger charge is -2.21. The molecule has 10 nitrogen and oxygen atoms in total. The maximum absolute atomic E-state index is 10.2. The summed E-state index contributed by atoms with van der Waals surface area (Å²) in [7, 11) is 0. The number of rotatable bonds is 4. The van der Waals surface area contributed by atoms with Gasteiger partial charge in [0.1, 0.15) is 30.4 Å². The Bertz CT molecular complexity index is 757. The van der Waals surface area contributed by atoms with E-state index in [1.807, 2.05) is 0 Å². The lowest BCUT2D eigenvalue weighted by molar-refractivity contribution is -0.0636. The van der Waals surface area contributed by atoms with Crippen molar-refractivity contribution in [1.82, 2.24) is 19.5 Å². The Labute approximate surface area is 131 Å². The Morgan fingerprint density at radius 2 is 2.22 bits per heavy atom. The first-order chi connectivity index (χ1) is 11.1. The minimum atomic E-state index is -1.06. The smallest absolute Gasteiger partial charge is 0.224 e.